The monoisotopic (exact) mass is 853 g/mol. The lowest BCUT2D eigenvalue weighted by Gasteiger charge is -2.42. The van der Waals surface area contributed by atoms with Gasteiger partial charge in [-0.05, 0) is 47.5 Å². The minimum absolute atomic E-state index is 0.0818. The van der Waals surface area contributed by atoms with Gasteiger partial charge >= 0.3 is 57.1 Å². The molecule has 0 unspecified atom stereocenters. The second kappa shape index (κ2) is 14.1. The van der Waals surface area contributed by atoms with Gasteiger partial charge in [-0.25, -0.2) is 0 Å². The summed E-state index contributed by atoms with van der Waals surface area (Å²) in [4.78, 5) is 1.02. The van der Waals surface area contributed by atoms with Gasteiger partial charge < -0.3 is 4.18 Å². The molecule has 0 aliphatic carbocycles. The Balaban J connectivity index is 1.60. The lowest BCUT2D eigenvalue weighted by molar-refractivity contribution is -0.458. The van der Waals surface area contributed by atoms with E-state index in [0.717, 1.165) is 28.8 Å². The summed E-state index contributed by atoms with van der Waals surface area (Å²) in [6.45, 7) is 0. The van der Waals surface area contributed by atoms with Crippen LogP contribution >= 0.6 is 11.3 Å². The molecule has 0 fully saturated rings. The number of nitrogens with zero attached hydrogens (tertiary/aromatic N) is 3. The quantitative estimate of drug-likeness (QED) is 0.0582. The van der Waals surface area contributed by atoms with Crippen LogP contribution in [0.5, 0.6) is 5.75 Å². The molecule has 0 bridgehead atoms. The van der Waals surface area contributed by atoms with Crippen molar-refractivity contribution in [1.82, 2.24) is 4.57 Å². The number of rotatable bonds is 13. The van der Waals surface area contributed by atoms with Crippen molar-refractivity contribution in [2.45, 2.75) is 47.0 Å². The molecule has 0 aliphatic heterocycles. The predicted octanol–water partition coefficient (Wildman–Crippen LogP) is 9.82. The minimum atomic E-state index is -8.95. The van der Waals surface area contributed by atoms with Crippen LogP contribution < -0.4 is 8.98 Å². The zero-order valence-electron chi connectivity index (χ0n) is 26.0. The topological polar surface area (TPSA) is 73.0 Å². The van der Waals surface area contributed by atoms with Gasteiger partial charge in [0.25, 0.3) is 0 Å². The van der Waals surface area contributed by atoms with E-state index in [-0.39, 0.29) is 10.4 Å². The standard InChI is InChI=1S/C30H16F17N3O3S2/c31-23(32,25(35,36)27(39,40)29(43,44)45)24(33,34)26(37,38)28(41,42)30(46,47)55(51,52)53-20-13-11-17(12-14-20)15-48-49-22-50(19-9-5-2-6-10-19)16-21(54-22)18-7-3-1-4-8-18/h1-16H/b48-15+,49-22+. The van der Waals surface area contributed by atoms with E-state index >= 15 is 0 Å². The fourth-order valence-corrected chi connectivity index (χ4v) is 6.03. The van der Waals surface area contributed by atoms with Gasteiger partial charge in [-0.2, -0.15) is 88.2 Å². The van der Waals surface area contributed by atoms with Gasteiger partial charge in [0.1, 0.15) is 5.75 Å². The van der Waals surface area contributed by atoms with Crippen LogP contribution in [0.2, 0.25) is 0 Å². The highest BCUT2D eigenvalue weighted by Crippen LogP contribution is 2.64. The first-order valence-corrected chi connectivity index (χ1v) is 16.4. The van der Waals surface area contributed by atoms with Gasteiger partial charge in [0, 0.05) is 11.9 Å². The molecule has 0 radical (unpaired) electrons. The number of halogens is 17. The van der Waals surface area contributed by atoms with Crippen molar-refractivity contribution in [2.24, 2.45) is 10.2 Å². The Morgan fingerprint density at radius 2 is 1.04 bits per heavy atom. The Kier molecular flexibility index (Phi) is 11.0. The molecule has 4 rings (SSSR count). The molecule has 1 heterocycles. The number of thiazole rings is 1. The largest absolute Gasteiger partial charge is 0.460 e. The fourth-order valence-electron chi connectivity index (χ4n) is 4.16. The fraction of sp³-hybridized carbons (Fsp3) is 0.267. The maximum Gasteiger partial charge on any atom is 0.460 e. The third-order valence-electron chi connectivity index (χ3n) is 7.19. The Bertz CT molecular complexity index is 2190. The number of para-hydroxylation sites is 1. The molecule has 0 saturated heterocycles. The van der Waals surface area contributed by atoms with E-state index in [4.69, 9.17) is 0 Å². The van der Waals surface area contributed by atoms with Crippen LogP contribution in [0, 0.1) is 0 Å². The number of hydrogen-bond acceptors (Lipinski definition) is 6. The van der Waals surface area contributed by atoms with E-state index in [1.54, 1.807) is 59.3 Å². The van der Waals surface area contributed by atoms with Crippen LogP contribution in [0.1, 0.15) is 5.56 Å². The molecule has 0 saturated carbocycles. The number of aromatic nitrogens is 1. The smallest absolute Gasteiger partial charge is 0.378 e. The summed E-state index contributed by atoms with van der Waals surface area (Å²) in [6.07, 6.45) is -5.23. The van der Waals surface area contributed by atoms with Crippen LogP contribution in [-0.2, 0) is 10.1 Å². The van der Waals surface area contributed by atoms with Gasteiger partial charge in [-0.15, -0.1) is 5.10 Å². The highest BCUT2D eigenvalue weighted by Gasteiger charge is 2.96. The molecule has 4 aromatic rings. The van der Waals surface area contributed by atoms with Crippen molar-refractivity contribution in [2.75, 3.05) is 0 Å². The van der Waals surface area contributed by atoms with E-state index in [2.05, 4.69) is 14.4 Å². The highest BCUT2D eigenvalue weighted by atomic mass is 32.2. The van der Waals surface area contributed by atoms with E-state index in [9.17, 15) is 83.1 Å². The van der Waals surface area contributed by atoms with Gasteiger partial charge in [0.05, 0.1) is 11.1 Å². The molecule has 55 heavy (non-hydrogen) atoms. The van der Waals surface area contributed by atoms with Crippen molar-refractivity contribution >= 4 is 27.7 Å². The average Bonchev–Trinajstić information content (AvgIpc) is 3.52. The second-order valence-corrected chi connectivity index (χ2v) is 13.5. The summed E-state index contributed by atoms with van der Waals surface area (Å²) in [5.74, 6) is -53.7. The SMILES string of the molecule is O=S(=O)(Oc1ccc(/C=N/N=c2/sc(-c3ccccc3)cn2-c2ccccc2)cc1)C(F)(F)C(F)(F)C(F)(F)C(F)(F)C(F)(F)C(F)(F)C(F)(F)C(F)(F)F. The van der Waals surface area contributed by atoms with Crippen LogP contribution in [0.3, 0.4) is 0 Å². The van der Waals surface area contributed by atoms with Crippen molar-refractivity contribution in [3.8, 4) is 21.9 Å². The molecule has 3 aromatic carbocycles. The number of benzene rings is 3. The van der Waals surface area contributed by atoms with Crippen molar-refractivity contribution in [3.63, 3.8) is 0 Å². The zero-order valence-corrected chi connectivity index (χ0v) is 27.7. The van der Waals surface area contributed by atoms with Crippen molar-refractivity contribution < 1.29 is 87.2 Å². The summed E-state index contributed by atoms with van der Waals surface area (Å²) in [5.41, 5.74) is 1.37. The van der Waals surface area contributed by atoms with Crippen molar-refractivity contribution in [3.05, 3.63) is 101 Å². The van der Waals surface area contributed by atoms with Gasteiger partial charge in [-0.3, -0.25) is 4.57 Å². The minimum Gasteiger partial charge on any atom is -0.378 e. The molecule has 1 aromatic heterocycles. The Morgan fingerprint density at radius 1 is 0.582 bits per heavy atom. The molecule has 25 heteroatoms. The Hall–Kier alpha value is -4.68. The summed E-state index contributed by atoms with van der Waals surface area (Å²) in [5, 5.41) is 0.0982. The summed E-state index contributed by atoms with van der Waals surface area (Å²) in [7, 11) is -7.77. The molecule has 0 N–H and O–H groups in total. The Labute approximate surface area is 299 Å². The predicted molar refractivity (Wildman–Crippen MR) is 159 cm³/mol. The van der Waals surface area contributed by atoms with E-state index in [1.807, 2.05) is 12.1 Å². The van der Waals surface area contributed by atoms with Crippen LogP contribution in [0.25, 0.3) is 16.1 Å². The number of alkyl halides is 17. The zero-order chi connectivity index (χ0) is 41.7. The van der Waals surface area contributed by atoms with Crippen LogP contribution in [-0.4, -0.2) is 66.2 Å². The summed E-state index contributed by atoms with van der Waals surface area (Å²) < 4.78 is 259. The van der Waals surface area contributed by atoms with E-state index in [0.29, 0.717) is 17.8 Å². The first-order valence-electron chi connectivity index (χ1n) is 14.1. The normalized spacial score (nSPS) is 14.8. The summed E-state index contributed by atoms with van der Waals surface area (Å²) >= 11 is 1.17. The molecule has 6 nitrogen and oxygen atoms in total. The van der Waals surface area contributed by atoms with E-state index < -0.39 is 62.8 Å². The molecule has 0 amide bonds. The second-order valence-electron chi connectivity index (χ2n) is 10.9. The first-order chi connectivity index (χ1) is 25.0. The van der Waals surface area contributed by atoms with Crippen molar-refractivity contribution in [1.29, 1.82) is 0 Å². The summed E-state index contributed by atoms with van der Waals surface area (Å²) in [6, 6.07) is 19.8. The maximum absolute atomic E-state index is 14.4. The number of hydrogen-bond donors (Lipinski definition) is 0. The highest BCUT2D eigenvalue weighted by molar-refractivity contribution is 7.88. The molecular weight excluding hydrogens is 837 g/mol. The molecule has 0 spiro atoms. The first kappa shape index (κ1) is 43.1. The van der Waals surface area contributed by atoms with Gasteiger partial charge in [-0.1, -0.05) is 59.9 Å². The molecule has 300 valence electrons. The molecular formula is C30H16F17N3O3S2. The average molecular weight is 854 g/mol. The van der Waals surface area contributed by atoms with Crippen LogP contribution in [0.4, 0.5) is 74.6 Å². The molecule has 0 atom stereocenters. The van der Waals surface area contributed by atoms with E-state index in [1.165, 1.54) is 11.3 Å². The third-order valence-corrected chi connectivity index (χ3v) is 9.51. The molecule has 0 aliphatic rings. The van der Waals surface area contributed by atoms with Gasteiger partial charge in [0.15, 0.2) is 0 Å². The van der Waals surface area contributed by atoms with Gasteiger partial charge in [0.2, 0.25) is 4.80 Å². The third kappa shape index (κ3) is 7.15. The lowest BCUT2D eigenvalue weighted by atomic mass is 9.91. The lowest BCUT2D eigenvalue weighted by Crippen LogP contribution is -2.75. The van der Waals surface area contributed by atoms with Crippen LogP contribution in [0.15, 0.2) is 101 Å². The Morgan fingerprint density at radius 3 is 1.53 bits per heavy atom. The maximum atomic E-state index is 14.4.